The van der Waals surface area contributed by atoms with Gasteiger partial charge in [0.15, 0.2) is 0 Å². The topological polar surface area (TPSA) is 79.9 Å². The Morgan fingerprint density at radius 3 is 2.76 bits per heavy atom. The van der Waals surface area contributed by atoms with Crippen LogP contribution in [0.4, 0.5) is 4.79 Å². The second kappa shape index (κ2) is 9.64. The van der Waals surface area contributed by atoms with Crippen LogP contribution in [0.5, 0.6) is 0 Å². The Hall–Kier alpha value is -1.35. The maximum atomic E-state index is 12.9. The van der Waals surface area contributed by atoms with Crippen molar-refractivity contribution in [1.29, 1.82) is 0 Å². The lowest BCUT2D eigenvalue weighted by Gasteiger charge is -2.40. The normalized spacial score (nSPS) is 21.2. The molecule has 2 saturated heterocycles. The van der Waals surface area contributed by atoms with Gasteiger partial charge in [0.1, 0.15) is 5.60 Å². The Kier molecular flexibility index (Phi) is 7.42. The fourth-order valence-corrected chi connectivity index (χ4v) is 5.73. The van der Waals surface area contributed by atoms with Crippen LogP contribution in [0.25, 0.3) is 0 Å². The van der Waals surface area contributed by atoms with E-state index in [1.54, 1.807) is 16.2 Å². The van der Waals surface area contributed by atoms with E-state index in [4.69, 9.17) is 9.47 Å². The number of amides is 2. The van der Waals surface area contributed by atoms with Gasteiger partial charge in [0, 0.05) is 24.0 Å². The van der Waals surface area contributed by atoms with E-state index in [-0.39, 0.29) is 36.1 Å². The summed E-state index contributed by atoms with van der Waals surface area (Å²) >= 11 is 1.60. The second-order valence-electron chi connectivity index (χ2n) is 7.74. The summed E-state index contributed by atoms with van der Waals surface area (Å²) in [7, 11) is 0. The molecule has 0 atom stereocenters. The first kappa shape index (κ1) is 22.3. The van der Waals surface area contributed by atoms with Crippen LogP contribution in [-0.4, -0.2) is 62.3 Å². The number of ether oxygens (including phenoxy) is 2. The molecule has 29 heavy (non-hydrogen) atoms. The molecule has 0 unspecified atom stereocenters. The molecule has 162 valence electrons. The summed E-state index contributed by atoms with van der Waals surface area (Å²) in [5.74, 6) is -0.00179. The van der Waals surface area contributed by atoms with E-state index < -0.39 is 0 Å². The Bertz CT molecular complexity index is 727. The van der Waals surface area contributed by atoms with Crippen molar-refractivity contribution in [2.45, 2.75) is 50.7 Å². The Morgan fingerprint density at radius 2 is 2.07 bits per heavy atom. The first-order valence-corrected chi connectivity index (χ1v) is 11.1. The number of nitrogens with one attached hydrogen (secondary N) is 2. The predicted octanol–water partition coefficient (Wildman–Crippen LogP) is 2.67. The van der Waals surface area contributed by atoms with Crippen molar-refractivity contribution >= 4 is 35.7 Å². The minimum Gasteiger partial charge on any atom is -0.450 e. The number of rotatable bonds is 3. The zero-order valence-electron chi connectivity index (χ0n) is 16.8. The van der Waals surface area contributed by atoms with Crippen molar-refractivity contribution in [2.75, 3.05) is 39.4 Å². The highest BCUT2D eigenvalue weighted by Crippen LogP contribution is 2.44. The zero-order chi connectivity index (χ0) is 19.6. The summed E-state index contributed by atoms with van der Waals surface area (Å²) in [6, 6.07) is 2.16. The van der Waals surface area contributed by atoms with E-state index >= 15 is 0 Å². The third-order valence-corrected chi connectivity index (χ3v) is 7.33. The lowest BCUT2D eigenvalue weighted by atomic mass is 9.86. The van der Waals surface area contributed by atoms with Crippen molar-refractivity contribution in [1.82, 2.24) is 15.5 Å². The molecule has 2 N–H and O–H groups in total. The van der Waals surface area contributed by atoms with Gasteiger partial charge < -0.3 is 25.0 Å². The van der Waals surface area contributed by atoms with Crippen LogP contribution < -0.4 is 10.6 Å². The van der Waals surface area contributed by atoms with Crippen LogP contribution in [0.3, 0.4) is 0 Å². The Labute approximate surface area is 181 Å². The van der Waals surface area contributed by atoms with Crippen LogP contribution >= 0.6 is 23.7 Å². The van der Waals surface area contributed by atoms with E-state index in [2.05, 4.69) is 16.7 Å². The second-order valence-corrected chi connectivity index (χ2v) is 8.79. The molecule has 0 radical (unpaired) electrons. The highest BCUT2D eigenvalue weighted by atomic mass is 35.5. The third-order valence-electron chi connectivity index (χ3n) is 5.96. The van der Waals surface area contributed by atoms with Crippen LogP contribution in [-0.2, 0) is 21.5 Å². The van der Waals surface area contributed by atoms with Crippen LogP contribution in [0.1, 0.15) is 52.7 Å². The summed E-state index contributed by atoms with van der Waals surface area (Å²) in [4.78, 5) is 28.4. The number of fused-ring (bicyclic) bond motifs is 2. The SMILES string of the molecule is CCOC(=O)N1CCC(NC(=O)c2cc3c(s2)C2(CCNCC2)OCC3)CC1.Cl. The van der Waals surface area contributed by atoms with E-state index in [1.165, 1.54) is 10.4 Å². The van der Waals surface area contributed by atoms with Crippen molar-refractivity contribution < 1.29 is 19.1 Å². The van der Waals surface area contributed by atoms with Gasteiger partial charge in [0.25, 0.3) is 5.91 Å². The van der Waals surface area contributed by atoms with Gasteiger partial charge in [-0.1, -0.05) is 0 Å². The summed E-state index contributed by atoms with van der Waals surface area (Å²) in [6.07, 6.45) is 4.07. The molecule has 3 aliphatic rings. The summed E-state index contributed by atoms with van der Waals surface area (Å²) in [5.41, 5.74) is 1.08. The van der Waals surface area contributed by atoms with Gasteiger partial charge in [0.2, 0.25) is 0 Å². The van der Waals surface area contributed by atoms with Gasteiger partial charge >= 0.3 is 6.09 Å². The van der Waals surface area contributed by atoms with Gasteiger partial charge in [0.05, 0.1) is 18.1 Å². The molecule has 0 aromatic carbocycles. The number of hydrogen-bond acceptors (Lipinski definition) is 6. The highest BCUT2D eigenvalue weighted by molar-refractivity contribution is 7.14. The summed E-state index contributed by atoms with van der Waals surface area (Å²) < 4.78 is 11.3. The van der Waals surface area contributed by atoms with Gasteiger partial charge in [-0.25, -0.2) is 4.79 Å². The Balaban J connectivity index is 0.00000240. The first-order chi connectivity index (χ1) is 13.6. The standard InChI is InChI=1S/C20H29N3O4S.ClH/c1-2-26-19(25)23-10-3-15(4-11-23)22-18(24)16-13-14-5-12-27-20(17(14)28-16)6-8-21-9-7-20;/h13,15,21H,2-12H2,1H3,(H,22,24);1H. The lowest BCUT2D eigenvalue weighted by Crippen LogP contribution is -2.46. The van der Waals surface area contributed by atoms with Gasteiger partial charge in [-0.15, -0.1) is 23.7 Å². The summed E-state index contributed by atoms with van der Waals surface area (Å²) in [6.45, 7) is 6.08. The molecule has 1 spiro atoms. The molecule has 1 aromatic rings. The fourth-order valence-electron chi connectivity index (χ4n) is 4.41. The zero-order valence-corrected chi connectivity index (χ0v) is 18.5. The minimum absolute atomic E-state index is 0. The average Bonchev–Trinajstić information content (AvgIpc) is 3.16. The van der Waals surface area contributed by atoms with E-state index in [9.17, 15) is 9.59 Å². The van der Waals surface area contributed by atoms with Crippen LogP contribution in [0.2, 0.25) is 0 Å². The molecule has 2 fully saturated rings. The predicted molar refractivity (Wildman–Crippen MR) is 114 cm³/mol. The average molecular weight is 444 g/mol. The molecule has 7 nitrogen and oxygen atoms in total. The van der Waals surface area contributed by atoms with E-state index in [0.29, 0.717) is 19.7 Å². The summed E-state index contributed by atoms with van der Waals surface area (Å²) in [5, 5.41) is 6.57. The number of carbonyl (C=O) groups is 2. The van der Waals surface area contributed by atoms with E-state index in [0.717, 1.165) is 56.7 Å². The molecule has 1 aromatic heterocycles. The van der Waals surface area contributed by atoms with Crippen molar-refractivity contribution in [3.8, 4) is 0 Å². The molecule has 3 aliphatic heterocycles. The number of nitrogens with zero attached hydrogens (tertiary/aromatic N) is 1. The lowest BCUT2D eigenvalue weighted by molar-refractivity contribution is -0.0771. The monoisotopic (exact) mass is 443 g/mol. The highest BCUT2D eigenvalue weighted by Gasteiger charge is 2.41. The molecular weight excluding hydrogens is 414 g/mol. The van der Waals surface area contributed by atoms with Gasteiger partial charge in [-0.2, -0.15) is 0 Å². The van der Waals surface area contributed by atoms with E-state index in [1.807, 2.05) is 6.92 Å². The largest absolute Gasteiger partial charge is 0.450 e. The van der Waals surface area contributed by atoms with Gasteiger partial charge in [-0.05, 0) is 63.7 Å². The van der Waals surface area contributed by atoms with Crippen molar-refractivity contribution in [2.24, 2.45) is 0 Å². The molecule has 4 rings (SSSR count). The molecule has 4 heterocycles. The quantitative estimate of drug-likeness (QED) is 0.750. The fraction of sp³-hybridized carbons (Fsp3) is 0.700. The number of thiophene rings is 1. The van der Waals surface area contributed by atoms with Crippen molar-refractivity contribution in [3.05, 3.63) is 21.4 Å². The first-order valence-electron chi connectivity index (χ1n) is 10.3. The molecule has 0 bridgehead atoms. The third kappa shape index (κ3) is 4.71. The number of likely N-dealkylation sites (tertiary alicyclic amines) is 1. The maximum Gasteiger partial charge on any atom is 0.409 e. The number of hydrogen-bond donors (Lipinski definition) is 2. The molecular formula is C20H30ClN3O4S. The Morgan fingerprint density at radius 1 is 1.34 bits per heavy atom. The molecule has 0 aliphatic carbocycles. The van der Waals surface area contributed by atoms with Crippen molar-refractivity contribution in [3.63, 3.8) is 0 Å². The number of halogens is 1. The molecule has 9 heteroatoms. The molecule has 2 amide bonds. The van der Waals surface area contributed by atoms with Crippen LogP contribution in [0, 0.1) is 0 Å². The minimum atomic E-state index is -0.259. The number of piperidine rings is 2. The number of carbonyl (C=O) groups excluding carboxylic acids is 2. The van der Waals surface area contributed by atoms with Gasteiger partial charge in [-0.3, -0.25) is 4.79 Å². The van der Waals surface area contributed by atoms with Crippen LogP contribution in [0.15, 0.2) is 6.07 Å². The maximum absolute atomic E-state index is 12.9. The molecule has 0 saturated carbocycles. The smallest absolute Gasteiger partial charge is 0.409 e.